The van der Waals surface area contributed by atoms with Crippen molar-refractivity contribution in [3.8, 4) is 11.8 Å². The van der Waals surface area contributed by atoms with Crippen LogP contribution in [0, 0.1) is 11.3 Å². The summed E-state index contributed by atoms with van der Waals surface area (Å²) in [5.74, 6) is 0.385. The smallest absolute Gasteiger partial charge is 0.408 e. The monoisotopic (exact) mass is 329 g/mol. The Morgan fingerprint density at radius 1 is 1.33 bits per heavy atom. The molecule has 2 aliphatic heterocycles. The van der Waals surface area contributed by atoms with Crippen molar-refractivity contribution in [3.05, 3.63) is 29.3 Å². The second-order valence-corrected chi connectivity index (χ2v) is 6.08. The van der Waals surface area contributed by atoms with E-state index in [-0.39, 0.29) is 12.5 Å². The lowest BCUT2D eigenvalue weighted by Crippen LogP contribution is -2.54. The van der Waals surface area contributed by atoms with Crippen molar-refractivity contribution < 1.29 is 19.4 Å². The Morgan fingerprint density at radius 2 is 2.12 bits per heavy atom. The quantitative estimate of drug-likeness (QED) is 0.890. The summed E-state index contributed by atoms with van der Waals surface area (Å²) in [6.07, 6.45) is 0.612. The summed E-state index contributed by atoms with van der Waals surface area (Å²) < 4.78 is 5.18. The molecule has 7 nitrogen and oxygen atoms in total. The summed E-state index contributed by atoms with van der Waals surface area (Å²) in [5.41, 5.74) is 1.79. The molecule has 126 valence electrons. The van der Waals surface area contributed by atoms with Crippen LogP contribution in [-0.2, 0) is 17.8 Å². The van der Waals surface area contributed by atoms with E-state index in [1.165, 1.54) is 4.90 Å². The maximum Gasteiger partial charge on any atom is 0.408 e. The Morgan fingerprint density at radius 3 is 2.79 bits per heavy atom. The minimum absolute atomic E-state index is 0.142. The van der Waals surface area contributed by atoms with Gasteiger partial charge in [-0.2, -0.15) is 5.26 Å². The van der Waals surface area contributed by atoms with Crippen LogP contribution in [-0.4, -0.2) is 52.6 Å². The van der Waals surface area contributed by atoms with Gasteiger partial charge in [-0.15, -0.1) is 0 Å². The van der Waals surface area contributed by atoms with Crippen molar-refractivity contribution in [3.63, 3.8) is 0 Å². The fraction of sp³-hybridized carbons (Fsp3) is 0.471. The third-order valence-corrected chi connectivity index (χ3v) is 4.76. The number of nitrogens with zero attached hydrogens (tertiary/aromatic N) is 3. The Labute approximate surface area is 140 Å². The van der Waals surface area contributed by atoms with E-state index in [0.717, 1.165) is 22.4 Å². The second kappa shape index (κ2) is 6.40. The van der Waals surface area contributed by atoms with Gasteiger partial charge in [0, 0.05) is 13.0 Å². The molecule has 2 atom stereocenters. The number of ether oxygens (including phenoxy) is 1. The molecule has 24 heavy (non-hydrogen) atoms. The topological polar surface area (TPSA) is 93.9 Å². The molecule has 7 heteroatoms. The van der Waals surface area contributed by atoms with Gasteiger partial charge in [-0.25, -0.2) is 4.79 Å². The highest BCUT2D eigenvalue weighted by Crippen LogP contribution is 2.29. The standard InChI is InChI=1S/C17H19N3O4/c1-24-14-5-4-11-8-15(20(17(22)23)10-12(11)7-14)16(21)19-6-2-3-13(19)9-18/h4-5,7,13,15H,2-3,6,8,10H2,1H3,(H,22,23). The zero-order valence-corrected chi connectivity index (χ0v) is 13.4. The van der Waals surface area contributed by atoms with E-state index in [2.05, 4.69) is 6.07 Å². The van der Waals surface area contributed by atoms with Gasteiger partial charge >= 0.3 is 6.09 Å². The number of hydrogen-bond acceptors (Lipinski definition) is 4. The third kappa shape index (κ3) is 2.75. The minimum atomic E-state index is -1.13. The van der Waals surface area contributed by atoms with Crippen LogP contribution in [0.15, 0.2) is 18.2 Å². The van der Waals surface area contributed by atoms with Gasteiger partial charge in [0.15, 0.2) is 0 Å². The number of amides is 2. The Kier molecular flexibility index (Phi) is 4.30. The molecule has 1 aromatic carbocycles. The van der Waals surface area contributed by atoms with Crippen LogP contribution in [0.2, 0.25) is 0 Å². The Balaban J connectivity index is 1.90. The van der Waals surface area contributed by atoms with Crippen molar-refractivity contribution in [2.75, 3.05) is 13.7 Å². The van der Waals surface area contributed by atoms with Crippen LogP contribution in [0.1, 0.15) is 24.0 Å². The zero-order valence-electron chi connectivity index (χ0n) is 13.4. The molecule has 1 N–H and O–H groups in total. The third-order valence-electron chi connectivity index (χ3n) is 4.76. The molecular formula is C17H19N3O4. The van der Waals surface area contributed by atoms with Gasteiger partial charge in [0.05, 0.1) is 19.7 Å². The number of methoxy groups -OCH3 is 1. The molecule has 0 spiro atoms. The molecule has 3 rings (SSSR count). The van der Waals surface area contributed by atoms with E-state index in [9.17, 15) is 20.0 Å². The van der Waals surface area contributed by atoms with Crippen LogP contribution in [0.5, 0.6) is 5.75 Å². The molecule has 1 aromatic rings. The maximum absolute atomic E-state index is 12.9. The summed E-state index contributed by atoms with van der Waals surface area (Å²) in [6.45, 7) is 0.653. The molecule has 0 aliphatic carbocycles. The predicted octanol–water partition coefficient (Wildman–Crippen LogP) is 1.61. The largest absolute Gasteiger partial charge is 0.497 e. The summed E-state index contributed by atoms with van der Waals surface area (Å²) in [7, 11) is 1.56. The van der Waals surface area contributed by atoms with Crippen LogP contribution in [0.25, 0.3) is 0 Å². The van der Waals surface area contributed by atoms with Gasteiger partial charge in [0.2, 0.25) is 5.91 Å². The average Bonchev–Trinajstić information content (AvgIpc) is 3.08. The van der Waals surface area contributed by atoms with E-state index in [0.29, 0.717) is 25.1 Å². The molecule has 2 heterocycles. The van der Waals surface area contributed by atoms with Crippen LogP contribution < -0.4 is 4.74 Å². The van der Waals surface area contributed by atoms with E-state index < -0.39 is 18.2 Å². The number of benzene rings is 1. The first-order valence-corrected chi connectivity index (χ1v) is 7.90. The first-order valence-electron chi connectivity index (χ1n) is 7.90. The van der Waals surface area contributed by atoms with Crippen LogP contribution >= 0.6 is 0 Å². The molecule has 2 amide bonds. The highest BCUT2D eigenvalue weighted by molar-refractivity contribution is 5.87. The van der Waals surface area contributed by atoms with Gasteiger partial charge in [-0.05, 0) is 36.1 Å². The van der Waals surface area contributed by atoms with E-state index >= 15 is 0 Å². The Bertz CT molecular complexity index is 712. The number of fused-ring (bicyclic) bond motifs is 1. The second-order valence-electron chi connectivity index (χ2n) is 6.08. The fourth-order valence-corrected chi connectivity index (χ4v) is 3.47. The summed E-state index contributed by atoms with van der Waals surface area (Å²) >= 11 is 0. The van der Waals surface area contributed by atoms with Crippen molar-refractivity contribution in [2.24, 2.45) is 0 Å². The van der Waals surface area contributed by atoms with Crippen molar-refractivity contribution in [2.45, 2.75) is 37.9 Å². The lowest BCUT2D eigenvalue weighted by molar-refractivity contribution is -0.136. The van der Waals surface area contributed by atoms with Crippen molar-refractivity contribution >= 4 is 12.0 Å². The molecule has 1 fully saturated rings. The highest BCUT2D eigenvalue weighted by atomic mass is 16.5. The maximum atomic E-state index is 12.9. The lowest BCUT2D eigenvalue weighted by Gasteiger charge is -2.36. The number of carboxylic acid groups (broad SMARTS) is 1. The number of likely N-dealkylation sites (tertiary alicyclic amines) is 1. The van der Waals surface area contributed by atoms with Gasteiger partial charge < -0.3 is 14.7 Å². The molecule has 1 saturated heterocycles. The molecule has 0 aromatic heterocycles. The predicted molar refractivity (Wildman–Crippen MR) is 84.4 cm³/mol. The van der Waals surface area contributed by atoms with E-state index in [1.807, 2.05) is 12.1 Å². The van der Waals surface area contributed by atoms with Crippen molar-refractivity contribution in [1.82, 2.24) is 9.80 Å². The molecule has 0 bridgehead atoms. The summed E-state index contributed by atoms with van der Waals surface area (Å²) in [6, 6.07) is 6.39. The van der Waals surface area contributed by atoms with Crippen LogP contribution in [0.3, 0.4) is 0 Å². The molecule has 2 unspecified atom stereocenters. The van der Waals surface area contributed by atoms with Gasteiger partial charge in [-0.1, -0.05) is 6.07 Å². The number of carbonyl (C=O) groups excluding carboxylic acids is 1. The Hall–Kier alpha value is -2.75. The van der Waals surface area contributed by atoms with E-state index in [4.69, 9.17) is 4.74 Å². The molecular weight excluding hydrogens is 310 g/mol. The summed E-state index contributed by atoms with van der Waals surface area (Å²) in [5, 5.41) is 18.7. The number of rotatable bonds is 2. The van der Waals surface area contributed by atoms with Crippen molar-refractivity contribution in [1.29, 1.82) is 5.26 Å². The molecule has 0 saturated carbocycles. The van der Waals surface area contributed by atoms with E-state index in [1.54, 1.807) is 13.2 Å². The van der Waals surface area contributed by atoms with Gasteiger partial charge in [0.25, 0.3) is 0 Å². The van der Waals surface area contributed by atoms with Gasteiger partial charge in [0.1, 0.15) is 17.8 Å². The zero-order chi connectivity index (χ0) is 17.3. The first kappa shape index (κ1) is 16.1. The fourth-order valence-electron chi connectivity index (χ4n) is 3.47. The SMILES string of the molecule is COc1ccc2c(c1)CN(C(=O)O)C(C(=O)N1CCCC1C#N)C2. The molecule has 0 radical (unpaired) electrons. The highest BCUT2D eigenvalue weighted by Gasteiger charge is 2.40. The molecule has 2 aliphatic rings. The number of hydrogen-bond donors (Lipinski definition) is 1. The number of carbonyl (C=O) groups is 2. The first-order chi connectivity index (χ1) is 11.5. The number of nitriles is 1. The van der Waals surface area contributed by atoms with Gasteiger partial charge in [-0.3, -0.25) is 9.69 Å². The average molecular weight is 329 g/mol. The normalized spacial score (nSPS) is 22.7. The lowest BCUT2D eigenvalue weighted by atomic mass is 9.93. The summed E-state index contributed by atoms with van der Waals surface area (Å²) in [4.78, 5) is 27.2. The van der Waals surface area contributed by atoms with Crippen LogP contribution in [0.4, 0.5) is 4.79 Å². The minimum Gasteiger partial charge on any atom is -0.497 e.